The van der Waals surface area contributed by atoms with Gasteiger partial charge in [-0.15, -0.1) is 5.10 Å². The van der Waals surface area contributed by atoms with Crippen LogP contribution < -0.4 is 10.0 Å². The van der Waals surface area contributed by atoms with E-state index in [1.54, 1.807) is 35.1 Å². The first-order chi connectivity index (χ1) is 14.8. The van der Waals surface area contributed by atoms with Gasteiger partial charge in [-0.2, -0.15) is 5.26 Å². The van der Waals surface area contributed by atoms with E-state index in [4.69, 9.17) is 0 Å². The first-order valence-electron chi connectivity index (χ1n) is 10.5. The molecular weight excluding hydrogens is 416 g/mol. The molecule has 1 amide bonds. The molecule has 9 nitrogen and oxygen atoms in total. The van der Waals surface area contributed by atoms with Crippen molar-refractivity contribution in [3.05, 3.63) is 41.7 Å². The van der Waals surface area contributed by atoms with Gasteiger partial charge < -0.3 is 5.32 Å². The molecule has 2 aromatic rings. The van der Waals surface area contributed by atoms with Gasteiger partial charge in [-0.25, -0.2) is 13.1 Å². The number of aromatic nitrogens is 3. The Bertz CT molecular complexity index is 1090. The molecule has 4 rings (SSSR count). The summed E-state index contributed by atoms with van der Waals surface area (Å²) in [5.41, 5.74) is 0.923. The van der Waals surface area contributed by atoms with Gasteiger partial charge in [0.1, 0.15) is 5.69 Å². The van der Waals surface area contributed by atoms with Crippen LogP contribution in [-0.4, -0.2) is 35.6 Å². The maximum Gasteiger partial charge on any atom is 0.251 e. The standard InChI is InChI=1S/C21H26N6O3S/c1-31(29,30)25-17-9-7-16(8-10-17)20(28)23-19(15-5-3-2-4-6-15)18-13-27(26-24-18)21(14-22)11-12-21/h7-10,13,15,19,25H,2-6,11-12H2,1H3,(H,23,28)/t19-/m0/s1. The quantitative estimate of drug-likeness (QED) is 0.678. The van der Waals surface area contributed by atoms with Crippen LogP contribution in [0.2, 0.25) is 0 Å². The molecule has 31 heavy (non-hydrogen) atoms. The smallest absolute Gasteiger partial charge is 0.251 e. The summed E-state index contributed by atoms with van der Waals surface area (Å²) >= 11 is 0. The molecule has 0 aliphatic heterocycles. The van der Waals surface area contributed by atoms with Crippen molar-refractivity contribution in [2.24, 2.45) is 5.92 Å². The van der Waals surface area contributed by atoms with Crippen molar-refractivity contribution in [2.45, 2.75) is 56.5 Å². The number of amides is 1. The average molecular weight is 443 g/mol. The van der Waals surface area contributed by atoms with Crippen molar-refractivity contribution in [2.75, 3.05) is 11.0 Å². The predicted molar refractivity (Wildman–Crippen MR) is 115 cm³/mol. The van der Waals surface area contributed by atoms with Crippen LogP contribution in [0.4, 0.5) is 5.69 Å². The summed E-state index contributed by atoms with van der Waals surface area (Å²) < 4.78 is 26.8. The van der Waals surface area contributed by atoms with Crippen molar-refractivity contribution in [1.29, 1.82) is 5.26 Å². The Morgan fingerprint density at radius 3 is 2.48 bits per heavy atom. The Hall–Kier alpha value is -2.93. The van der Waals surface area contributed by atoms with Crippen LogP contribution in [0.5, 0.6) is 0 Å². The van der Waals surface area contributed by atoms with Gasteiger partial charge in [-0.05, 0) is 55.9 Å². The van der Waals surface area contributed by atoms with E-state index in [0.717, 1.165) is 44.8 Å². The normalized spacial score (nSPS) is 19.2. The fraction of sp³-hybridized carbons (Fsp3) is 0.524. The maximum atomic E-state index is 13.0. The molecule has 10 heteroatoms. The van der Waals surface area contributed by atoms with E-state index >= 15 is 0 Å². The number of carbonyl (C=O) groups is 1. The molecule has 1 aromatic heterocycles. The molecule has 0 unspecified atom stereocenters. The monoisotopic (exact) mass is 442 g/mol. The van der Waals surface area contributed by atoms with Crippen LogP contribution in [0.25, 0.3) is 0 Å². The Morgan fingerprint density at radius 2 is 1.90 bits per heavy atom. The van der Waals surface area contributed by atoms with Crippen LogP contribution in [0.3, 0.4) is 0 Å². The molecule has 0 spiro atoms. The lowest BCUT2D eigenvalue weighted by molar-refractivity contribution is 0.0911. The number of carbonyl (C=O) groups excluding carboxylic acids is 1. The highest BCUT2D eigenvalue weighted by molar-refractivity contribution is 7.92. The summed E-state index contributed by atoms with van der Waals surface area (Å²) in [5, 5.41) is 21.1. The number of benzene rings is 1. The summed E-state index contributed by atoms with van der Waals surface area (Å²) in [6.07, 6.45) is 9.81. The van der Waals surface area contributed by atoms with Gasteiger partial charge in [0.25, 0.3) is 5.91 Å². The van der Waals surface area contributed by atoms with E-state index in [-0.39, 0.29) is 17.9 Å². The third-order valence-electron chi connectivity index (χ3n) is 6.06. The minimum atomic E-state index is -3.38. The van der Waals surface area contributed by atoms with Crippen molar-refractivity contribution in [1.82, 2.24) is 20.3 Å². The average Bonchev–Trinajstić information content (AvgIpc) is 3.40. The van der Waals surface area contributed by atoms with E-state index in [1.165, 1.54) is 6.42 Å². The topological polar surface area (TPSA) is 130 Å². The Kier molecular flexibility index (Phi) is 5.71. The Labute approximate surface area is 181 Å². The molecule has 164 valence electrons. The maximum absolute atomic E-state index is 13.0. The van der Waals surface area contributed by atoms with Crippen molar-refractivity contribution < 1.29 is 13.2 Å². The van der Waals surface area contributed by atoms with E-state index < -0.39 is 15.6 Å². The van der Waals surface area contributed by atoms with Crippen LogP contribution in [-0.2, 0) is 15.6 Å². The third-order valence-corrected chi connectivity index (χ3v) is 6.66. The molecule has 0 bridgehead atoms. The number of sulfonamides is 1. The summed E-state index contributed by atoms with van der Waals surface area (Å²) in [6, 6.07) is 8.33. The second-order valence-corrected chi connectivity index (χ2v) is 10.3. The van der Waals surface area contributed by atoms with Gasteiger partial charge in [0.05, 0.1) is 24.6 Å². The van der Waals surface area contributed by atoms with Crippen LogP contribution in [0, 0.1) is 17.2 Å². The first-order valence-corrected chi connectivity index (χ1v) is 12.4. The van der Waals surface area contributed by atoms with Gasteiger partial charge in [0.15, 0.2) is 5.54 Å². The number of hydrogen-bond donors (Lipinski definition) is 2. The van der Waals surface area contributed by atoms with Crippen LogP contribution in [0.15, 0.2) is 30.5 Å². The van der Waals surface area contributed by atoms with Crippen LogP contribution >= 0.6 is 0 Å². The van der Waals surface area contributed by atoms with Gasteiger partial charge in [0.2, 0.25) is 10.0 Å². The van der Waals surface area contributed by atoms with E-state index in [9.17, 15) is 18.5 Å². The van der Waals surface area contributed by atoms with E-state index in [0.29, 0.717) is 16.9 Å². The van der Waals surface area contributed by atoms with Gasteiger partial charge >= 0.3 is 0 Å². The minimum Gasteiger partial charge on any atom is -0.343 e. The van der Waals surface area contributed by atoms with Crippen molar-refractivity contribution in [3.8, 4) is 6.07 Å². The molecule has 1 aromatic carbocycles. The number of anilines is 1. The van der Waals surface area contributed by atoms with Gasteiger partial charge in [0, 0.05) is 11.3 Å². The fourth-order valence-corrected chi connectivity index (χ4v) is 4.73. The molecule has 2 aliphatic carbocycles. The summed E-state index contributed by atoms with van der Waals surface area (Å²) in [4.78, 5) is 13.0. The highest BCUT2D eigenvalue weighted by atomic mass is 32.2. The van der Waals surface area contributed by atoms with Gasteiger partial charge in [-0.3, -0.25) is 9.52 Å². The molecule has 2 saturated carbocycles. The fourth-order valence-electron chi connectivity index (χ4n) is 4.17. The molecular formula is C21H26N6O3S. The molecule has 0 radical (unpaired) electrons. The van der Waals surface area contributed by atoms with E-state index in [2.05, 4.69) is 26.4 Å². The minimum absolute atomic E-state index is 0.252. The number of hydrogen-bond acceptors (Lipinski definition) is 6. The Balaban J connectivity index is 1.54. The van der Waals surface area contributed by atoms with Crippen molar-refractivity contribution in [3.63, 3.8) is 0 Å². The second-order valence-electron chi connectivity index (χ2n) is 8.53. The predicted octanol–water partition coefficient (Wildman–Crippen LogP) is 2.71. The van der Waals surface area contributed by atoms with Crippen molar-refractivity contribution >= 4 is 21.6 Å². The number of nitrogens with one attached hydrogen (secondary N) is 2. The van der Waals surface area contributed by atoms with Crippen LogP contribution in [0.1, 0.15) is 67.0 Å². The lowest BCUT2D eigenvalue weighted by atomic mass is 9.82. The molecule has 2 fully saturated rings. The number of nitrogens with zero attached hydrogens (tertiary/aromatic N) is 4. The lowest BCUT2D eigenvalue weighted by Gasteiger charge is -2.29. The Morgan fingerprint density at radius 1 is 1.23 bits per heavy atom. The molecule has 2 aliphatic rings. The molecule has 0 saturated heterocycles. The summed E-state index contributed by atoms with van der Waals surface area (Å²) in [6.45, 7) is 0. The van der Waals surface area contributed by atoms with E-state index in [1.807, 2.05) is 0 Å². The number of rotatable bonds is 7. The molecule has 1 atom stereocenters. The summed E-state index contributed by atoms with van der Waals surface area (Å²) in [7, 11) is -3.38. The zero-order chi connectivity index (χ0) is 22.1. The number of nitriles is 1. The zero-order valence-corrected chi connectivity index (χ0v) is 18.2. The first kappa shape index (κ1) is 21.3. The second kappa shape index (κ2) is 8.30. The largest absolute Gasteiger partial charge is 0.343 e. The molecule has 2 N–H and O–H groups in total. The zero-order valence-electron chi connectivity index (χ0n) is 17.4. The third kappa shape index (κ3) is 4.88. The molecule has 1 heterocycles. The summed E-state index contributed by atoms with van der Waals surface area (Å²) in [5.74, 6) is 0.00344. The SMILES string of the molecule is CS(=O)(=O)Nc1ccc(C(=O)N[C@H](c2cn(C3(C#N)CC3)nn2)C2CCCCC2)cc1. The highest BCUT2D eigenvalue weighted by Crippen LogP contribution is 2.43. The van der Waals surface area contributed by atoms with Gasteiger partial charge in [-0.1, -0.05) is 24.5 Å². The lowest BCUT2D eigenvalue weighted by Crippen LogP contribution is -2.34. The highest BCUT2D eigenvalue weighted by Gasteiger charge is 2.47.